The van der Waals surface area contributed by atoms with Gasteiger partial charge in [-0.25, -0.2) is 0 Å². The standard InChI is InChI=1S/C22H32N4O2S/c1-15(2)14-26-20(18-6-8-19(28-5)9-7-18)23-24-22(26)29-17(4)21(27)25-12-10-16(3)11-13-25/h6-9,15-17H,10-14H2,1-5H3/t17-/m0/s1. The predicted octanol–water partition coefficient (Wildman–Crippen LogP) is 4.35. The Balaban J connectivity index is 1.79. The Hall–Kier alpha value is -2.02. The van der Waals surface area contributed by atoms with Crippen molar-refractivity contribution in [3.8, 4) is 17.1 Å². The number of thioether (sulfide) groups is 1. The van der Waals surface area contributed by atoms with E-state index in [1.54, 1.807) is 7.11 Å². The third-order valence-electron chi connectivity index (χ3n) is 5.34. The Kier molecular flexibility index (Phi) is 7.22. The fourth-order valence-electron chi connectivity index (χ4n) is 3.55. The maximum atomic E-state index is 12.9. The average molecular weight is 417 g/mol. The lowest BCUT2D eigenvalue weighted by Crippen LogP contribution is -2.41. The summed E-state index contributed by atoms with van der Waals surface area (Å²) >= 11 is 1.51. The molecule has 29 heavy (non-hydrogen) atoms. The van der Waals surface area contributed by atoms with Gasteiger partial charge in [0, 0.05) is 25.2 Å². The van der Waals surface area contributed by atoms with Gasteiger partial charge < -0.3 is 14.2 Å². The highest BCUT2D eigenvalue weighted by Gasteiger charge is 2.27. The van der Waals surface area contributed by atoms with Crippen molar-refractivity contribution in [2.24, 2.45) is 11.8 Å². The molecule has 1 saturated heterocycles. The van der Waals surface area contributed by atoms with E-state index in [9.17, 15) is 4.79 Å². The maximum Gasteiger partial charge on any atom is 0.235 e. The molecule has 0 bridgehead atoms. The number of ether oxygens (including phenoxy) is 1. The van der Waals surface area contributed by atoms with E-state index in [2.05, 4.69) is 35.5 Å². The number of nitrogens with zero attached hydrogens (tertiary/aromatic N) is 4. The Morgan fingerprint density at radius 2 is 1.83 bits per heavy atom. The lowest BCUT2D eigenvalue weighted by molar-refractivity contribution is -0.131. The average Bonchev–Trinajstić information content (AvgIpc) is 3.09. The van der Waals surface area contributed by atoms with E-state index in [1.807, 2.05) is 36.1 Å². The van der Waals surface area contributed by atoms with Gasteiger partial charge in [0.05, 0.1) is 12.4 Å². The molecule has 2 aromatic rings. The molecule has 0 N–H and O–H groups in total. The second kappa shape index (κ2) is 9.65. The van der Waals surface area contributed by atoms with E-state index in [4.69, 9.17) is 4.74 Å². The van der Waals surface area contributed by atoms with E-state index in [0.29, 0.717) is 11.8 Å². The van der Waals surface area contributed by atoms with E-state index in [-0.39, 0.29) is 11.2 Å². The monoisotopic (exact) mass is 416 g/mol. The summed E-state index contributed by atoms with van der Waals surface area (Å²) in [6.07, 6.45) is 2.18. The van der Waals surface area contributed by atoms with Gasteiger partial charge in [-0.05, 0) is 55.9 Å². The molecule has 1 aliphatic heterocycles. The Labute approximate surface area is 178 Å². The smallest absolute Gasteiger partial charge is 0.235 e. The first-order chi connectivity index (χ1) is 13.9. The van der Waals surface area contributed by atoms with Crippen LogP contribution in [-0.2, 0) is 11.3 Å². The number of hydrogen-bond donors (Lipinski definition) is 0. The summed E-state index contributed by atoms with van der Waals surface area (Å²) in [7, 11) is 1.66. The van der Waals surface area contributed by atoms with Crippen LogP contribution in [0, 0.1) is 11.8 Å². The largest absolute Gasteiger partial charge is 0.497 e. The Bertz CT molecular complexity index is 811. The SMILES string of the molecule is COc1ccc(-c2nnc(S[C@@H](C)C(=O)N3CCC(C)CC3)n2CC(C)C)cc1. The molecule has 0 radical (unpaired) electrons. The molecule has 1 aromatic carbocycles. The first kappa shape index (κ1) is 21.7. The number of carbonyl (C=O) groups excluding carboxylic acids is 1. The highest BCUT2D eigenvalue weighted by Crippen LogP contribution is 2.30. The molecular formula is C22H32N4O2S. The van der Waals surface area contributed by atoms with Crippen LogP contribution in [0.5, 0.6) is 5.75 Å². The summed E-state index contributed by atoms with van der Waals surface area (Å²) in [6, 6.07) is 7.86. The van der Waals surface area contributed by atoms with Crippen molar-refractivity contribution in [2.45, 2.75) is 57.5 Å². The maximum absolute atomic E-state index is 12.9. The molecule has 0 aliphatic carbocycles. The molecule has 0 saturated carbocycles. The van der Waals surface area contributed by atoms with Gasteiger partial charge >= 0.3 is 0 Å². The number of piperidine rings is 1. The molecule has 1 aliphatic rings. The number of amides is 1. The predicted molar refractivity (Wildman–Crippen MR) is 117 cm³/mol. The van der Waals surface area contributed by atoms with Gasteiger partial charge in [-0.15, -0.1) is 10.2 Å². The van der Waals surface area contributed by atoms with Crippen LogP contribution < -0.4 is 4.74 Å². The number of carbonyl (C=O) groups is 1. The lowest BCUT2D eigenvalue weighted by Gasteiger charge is -2.32. The van der Waals surface area contributed by atoms with Crippen LogP contribution in [0.4, 0.5) is 0 Å². The van der Waals surface area contributed by atoms with Gasteiger partial charge in [0.25, 0.3) is 0 Å². The van der Waals surface area contributed by atoms with Crippen molar-refractivity contribution >= 4 is 17.7 Å². The first-order valence-electron chi connectivity index (χ1n) is 10.4. The van der Waals surface area contributed by atoms with Gasteiger partial charge in [-0.3, -0.25) is 4.79 Å². The molecule has 7 heteroatoms. The molecule has 0 unspecified atom stereocenters. The summed E-state index contributed by atoms with van der Waals surface area (Å²) in [5.41, 5.74) is 0.995. The minimum absolute atomic E-state index is 0.178. The van der Waals surface area contributed by atoms with E-state index in [1.165, 1.54) is 11.8 Å². The highest BCUT2D eigenvalue weighted by atomic mass is 32.2. The highest BCUT2D eigenvalue weighted by molar-refractivity contribution is 8.00. The summed E-state index contributed by atoms with van der Waals surface area (Å²) in [4.78, 5) is 14.9. The molecule has 6 nitrogen and oxygen atoms in total. The van der Waals surface area contributed by atoms with Gasteiger partial charge in [0.15, 0.2) is 11.0 Å². The van der Waals surface area contributed by atoms with Crippen LogP contribution in [0.3, 0.4) is 0 Å². The molecule has 3 rings (SSSR count). The van der Waals surface area contributed by atoms with Gasteiger partial charge in [-0.2, -0.15) is 0 Å². The van der Waals surface area contributed by atoms with Crippen LogP contribution in [0.2, 0.25) is 0 Å². The summed E-state index contributed by atoms with van der Waals surface area (Å²) in [5.74, 6) is 3.00. The minimum atomic E-state index is -0.178. The first-order valence-corrected chi connectivity index (χ1v) is 11.3. The van der Waals surface area contributed by atoms with Crippen LogP contribution in [-0.4, -0.2) is 51.0 Å². The molecule has 0 spiro atoms. The molecule has 1 amide bonds. The zero-order chi connectivity index (χ0) is 21.0. The fourth-order valence-corrected chi connectivity index (χ4v) is 4.50. The number of methoxy groups -OCH3 is 1. The van der Waals surface area contributed by atoms with Crippen molar-refractivity contribution in [1.29, 1.82) is 0 Å². The van der Waals surface area contributed by atoms with E-state index in [0.717, 1.165) is 54.8 Å². The number of aromatic nitrogens is 3. The summed E-state index contributed by atoms with van der Waals surface area (Å²) < 4.78 is 7.40. The fraction of sp³-hybridized carbons (Fsp3) is 0.591. The zero-order valence-corrected chi connectivity index (χ0v) is 18.9. The quantitative estimate of drug-likeness (QED) is 0.628. The van der Waals surface area contributed by atoms with Crippen molar-refractivity contribution < 1.29 is 9.53 Å². The molecular weight excluding hydrogens is 384 g/mol. The van der Waals surface area contributed by atoms with Gasteiger partial charge in [-0.1, -0.05) is 32.5 Å². The third-order valence-corrected chi connectivity index (χ3v) is 6.41. The number of likely N-dealkylation sites (tertiary alicyclic amines) is 1. The third kappa shape index (κ3) is 5.32. The molecule has 158 valence electrons. The summed E-state index contributed by atoms with van der Waals surface area (Å²) in [5, 5.41) is 9.52. The Morgan fingerprint density at radius 1 is 1.17 bits per heavy atom. The minimum Gasteiger partial charge on any atom is -0.497 e. The van der Waals surface area contributed by atoms with Crippen molar-refractivity contribution in [2.75, 3.05) is 20.2 Å². The number of hydrogen-bond acceptors (Lipinski definition) is 5. The molecule has 1 atom stereocenters. The number of rotatable bonds is 7. The Morgan fingerprint density at radius 3 is 2.41 bits per heavy atom. The van der Waals surface area contributed by atoms with Gasteiger partial charge in [0.2, 0.25) is 5.91 Å². The van der Waals surface area contributed by atoms with Crippen molar-refractivity contribution in [3.05, 3.63) is 24.3 Å². The van der Waals surface area contributed by atoms with E-state index < -0.39 is 0 Å². The molecule has 1 aromatic heterocycles. The van der Waals surface area contributed by atoms with Crippen LogP contribution in [0.25, 0.3) is 11.4 Å². The zero-order valence-electron chi connectivity index (χ0n) is 18.1. The number of benzene rings is 1. The topological polar surface area (TPSA) is 60.3 Å². The van der Waals surface area contributed by atoms with Crippen LogP contribution in [0.1, 0.15) is 40.5 Å². The lowest BCUT2D eigenvalue weighted by atomic mass is 9.99. The second-order valence-electron chi connectivity index (χ2n) is 8.31. The van der Waals surface area contributed by atoms with E-state index >= 15 is 0 Å². The van der Waals surface area contributed by atoms with Gasteiger partial charge in [0.1, 0.15) is 5.75 Å². The van der Waals surface area contributed by atoms with Crippen molar-refractivity contribution in [1.82, 2.24) is 19.7 Å². The molecule has 2 heterocycles. The van der Waals surface area contributed by atoms with Crippen LogP contribution in [0.15, 0.2) is 29.4 Å². The summed E-state index contributed by atoms with van der Waals surface area (Å²) in [6.45, 7) is 11.1. The normalized spacial score (nSPS) is 16.3. The van der Waals surface area contributed by atoms with Crippen molar-refractivity contribution in [3.63, 3.8) is 0 Å². The molecule has 1 fully saturated rings. The second-order valence-corrected chi connectivity index (χ2v) is 9.61. The van der Waals surface area contributed by atoms with Crippen LogP contribution >= 0.6 is 11.8 Å².